The van der Waals surface area contributed by atoms with Crippen LogP contribution in [0.1, 0.15) is 26.2 Å². The molecule has 0 radical (unpaired) electrons. The zero-order chi connectivity index (χ0) is 11.8. The molecule has 0 amide bonds. The van der Waals surface area contributed by atoms with Crippen molar-refractivity contribution in [3.8, 4) is 0 Å². The Labute approximate surface area is 97.7 Å². The van der Waals surface area contributed by atoms with Crippen LogP contribution in [0.25, 0.3) is 0 Å². The highest BCUT2D eigenvalue weighted by atomic mass is 16.4. The molecule has 5 nitrogen and oxygen atoms in total. The van der Waals surface area contributed by atoms with Crippen LogP contribution in [0.5, 0.6) is 0 Å². The second-order valence-electron chi connectivity index (χ2n) is 4.53. The maximum Gasteiger partial charge on any atom is 0.143 e. The number of likely N-dealkylation sites (tertiary alicyclic amines) is 1. The topological polar surface area (TPSA) is 73.9 Å². The Bertz CT molecular complexity index is 214. The van der Waals surface area contributed by atoms with Crippen molar-refractivity contribution in [2.24, 2.45) is 16.8 Å². The van der Waals surface area contributed by atoms with Crippen molar-refractivity contribution in [1.82, 2.24) is 10.2 Å². The van der Waals surface area contributed by atoms with Crippen LogP contribution in [0, 0.1) is 5.92 Å². The van der Waals surface area contributed by atoms with Crippen molar-refractivity contribution >= 4 is 5.84 Å². The molecule has 0 bridgehead atoms. The summed E-state index contributed by atoms with van der Waals surface area (Å²) in [5.74, 6) is 0.386. The Morgan fingerprint density at radius 3 is 2.75 bits per heavy atom. The highest BCUT2D eigenvalue weighted by Gasteiger charge is 2.10. The van der Waals surface area contributed by atoms with E-state index in [9.17, 15) is 0 Å². The normalized spacial score (nSPS) is 20.9. The molecule has 1 aliphatic heterocycles. The van der Waals surface area contributed by atoms with Gasteiger partial charge in [0.25, 0.3) is 0 Å². The van der Waals surface area contributed by atoms with Crippen molar-refractivity contribution in [3.63, 3.8) is 0 Å². The van der Waals surface area contributed by atoms with E-state index in [1.165, 1.54) is 32.4 Å². The smallest absolute Gasteiger partial charge is 0.143 e. The Balaban J connectivity index is 2.02. The zero-order valence-corrected chi connectivity index (χ0v) is 10.2. The first-order chi connectivity index (χ1) is 7.74. The minimum Gasteiger partial charge on any atom is -0.409 e. The zero-order valence-electron chi connectivity index (χ0n) is 10.2. The van der Waals surface area contributed by atoms with Crippen LogP contribution in [-0.2, 0) is 0 Å². The fraction of sp³-hybridized carbons (Fsp3) is 0.909. The van der Waals surface area contributed by atoms with Crippen molar-refractivity contribution in [1.29, 1.82) is 0 Å². The number of nitrogens with one attached hydrogen (secondary N) is 1. The first-order valence-electron chi connectivity index (χ1n) is 6.14. The summed E-state index contributed by atoms with van der Waals surface area (Å²) >= 11 is 0. The van der Waals surface area contributed by atoms with Crippen LogP contribution in [-0.4, -0.2) is 48.7 Å². The second-order valence-corrected chi connectivity index (χ2v) is 4.53. The number of amidine groups is 1. The predicted octanol–water partition coefficient (Wildman–Crippen LogP) is 0.444. The number of hydrogen-bond donors (Lipinski definition) is 3. The molecule has 1 heterocycles. The Kier molecular flexibility index (Phi) is 6.18. The molecule has 0 aromatic rings. The van der Waals surface area contributed by atoms with Gasteiger partial charge in [-0.1, -0.05) is 18.5 Å². The highest BCUT2D eigenvalue weighted by Crippen LogP contribution is 2.07. The summed E-state index contributed by atoms with van der Waals surface area (Å²) in [5.41, 5.74) is 5.49. The van der Waals surface area contributed by atoms with E-state index < -0.39 is 0 Å². The molecule has 0 aromatic heterocycles. The lowest BCUT2D eigenvalue weighted by molar-refractivity contribution is 0.228. The van der Waals surface area contributed by atoms with Gasteiger partial charge in [0, 0.05) is 25.6 Å². The molecule has 1 saturated heterocycles. The summed E-state index contributed by atoms with van der Waals surface area (Å²) in [7, 11) is 0. The summed E-state index contributed by atoms with van der Waals surface area (Å²) in [4.78, 5) is 2.49. The summed E-state index contributed by atoms with van der Waals surface area (Å²) in [6.45, 7) is 7.26. The fourth-order valence-corrected chi connectivity index (χ4v) is 1.94. The fourth-order valence-electron chi connectivity index (χ4n) is 1.94. The van der Waals surface area contributed by atoms with Crippen LogP contribution in [0.15, 0.2) is 5.16 Å². The van der Waals surface area contributed by atoms with Gasteiger partial charge in [-0.3, -0.25) is 0 Å². The van der Waals surface area contributed by atoms with Crippen LogP contribution < -0.4 is 11.1 Å². The highest BCUT2D eigenvalue weighted by molar-refractivity contribution is 5.82. The first kappa shape index (κ1) is 13.3. The van der Waals surface area contributed by atoms with Gasteiger partial charge >= 0.3 is 0 Å². The van der Waals surface area contributed by atoms with Crippen LogP contribution in [0.4, 0.5) is 0 Å². The van der Waals surface area contributed by atoms with Gasteiger partial charge in [0.1, 0.15) is 5.84 Å². The van der Waals surface area contributed by atoms with Crippen LogP contribution >= 0.6 is 0 Å². The quantitative estimate of drug-likeness (QED) is 0.203. The van der Waals surface area contributed by atoms with Gasteiger partial charge in [0.2, 0.25) is 0 Å². The lowest BCUT2D eigenvalue weighted by Crippen LogP contribution is -2.38. The maximum absolute atomic E-state index is 8.49. The van der Waals surface area contributed by atoms with E-state index in [0.717, 1.165) is 19.6 Å². The monoisotopic (exact) mass is 228 g/mol. The standard InChI is InChI=1S/C11H24N4O/c1-10(11(12)14-16)9-13-5-8-15-6-3-2-4-7-15/h10,13,16H,2-9H2,1H3,(H2,12,14). The van der Waals surface area contributed by atoms with Crippen LogP contribution in [0.2, 0.25) is 0 Å². The first-order valence-corrected chi connectivity index (χ1v) is 6.14. The molecule has 5 heteroatoms. The predicted molar refractivity (Wildman–Crippen MR) is 65.7 cm³/mol. The number of oxime groups is 1. The third-order valence-electron chi connectivity index (χ3n) is 3.12. The Morgan fingerprint density at radius 2 is 2.12 bits per heavy atom. The number of nitrogens with zero attached hydrogens (tertiary/aromatic N) is 2. The summed E-state index contributed by atoms with van der Waals surface area (Å²) < 4.78 is 0. The van der Waals surface area contributed by atoms with Crippen molar-refractivity contribution in [2.45, 2.75) is 26.2 Å². The van der Waals surface area contributed by atoms with Gasteiger partial charge < -0.3 is 21.2 Å². The third-order valence-corrected chi connectivity index (χ3v) is 3.12. The van der Waals surface area contributed by atoms with E-state index >= 15 is 0 Å². The summed E-state index contributed by atoms with van der Waals surface area (Å²) in [6, 6.07) is 0. The molecule has 1 rings (SSSR count). The molecule has 1 fully saturated rings. The number of piperidine rings is 1. The lowest BCUT2D eigenvalue weighted by Gasteiger charge is -2.26. The van der Waals surface area contributed by atoms with Crippen molar-refractivity contribution < 1.29 is 5.21 Å². The van der Waals surface area contributed by atoms with E-state index in [0.29, 0.717) is 5.84 Å². The minimum atomic E-state index is 0.0892. The van der Waals surface area contributed by atoms with Gasteiger partial charge in [-0.2, -0.15) is 0 Å². The summed E-state index contributed by atoms with van der Waals surface area (Å²) in [5, 5.41) is 14.8. The molecular weight excluding hydrogens is 204 g/mol. The molecule has 1 atom stereocenters. The van der Waals surface area contributed by atoms with E-state index in [2.05, 4.69) is 15.4 Å². The van der Waals surface area contributed by atoms with Crippen LogP contribution in [0.3, 0.4) is 0 Å². The minimum absolute atomic E-state index is 0.0892. The number of nitrogens with two attached hydrogens (primary N) is 1. The van der Waals surface area contributed by atoms with Gasteiger partial charge in [-0.15, -0.1) is 0 Å². The number of hydrogen-bond acceptors (Lipinski definition) is 4. The molecule has 0 aromatic carbocycles. The molecule has 0 spiro atoms. The molecule has 94 valence electrons. The lowest BCUT2D eigenvalue weighted by atomic mass is 10.1. The van der Waals surface area contributed by atoms with E-state index in [1.807, 2.05) is 6.92 Å². The molecule has 16 heavy (non-hydrogen) atoms. The molecular formula is C11H24N4O. The Hall–Kier alpha value is -0.810. The second kappa shape index (κ2) is 7.46. The SMILES string of the molecule is CC(CNCCN1CCCCC1)C(N)=NO. The number of rotatable bonds is 6. The van der Waals surface area contributed by atoms with E-state index in [4.69, 9.17) is 10.9 Å². The van der Waals surface area contributed by atoms with E-state index in [-0.39, 0.29) is 5.92 Å². The van der Waals surface area contributed by atoms with Crippen molar-refractivity contribution in [3.05, 3.63) is 0 Å². The largest absolute Gasteiger partial charge is 0.409 e. The molecule has 4 N–H and O–H groups in total. The molecule has 1 unspecified atom stereocenters. The van der Waals surface area contributed by atoms with E-state index in [1.54, 1.807) is 0 Å². The van der Waals surface area contributed by atoms with Crippen molar-refractivity contribution in [2.75, 3.05) is 32.7 Å². The molecule has 1 aliphatic rings. The van der Waals surface area contributed by atoms with Gasteiger partial charge in [0.05, 0.1) is 0 Å². The van der Waals surface area contributed by atoms with Gasteiger partial charge in [-0.25, -0.2) is 0 Å². The Morgan fingerprint density at radius 1 is 1.44 bits per heavy atom. The summed E-state index contributed by atoms with van der Waals surface area (Å²) in [6.07, 6.45) is 4.05. The average molecular weight is 228 g/mol. The maximum atomic E-state index is 8.49. The average Bonchev–Trinajstić information content (AvgIpc) is 2.34. The van der Waals surface area contributed by atoms with Gasteiger partial charge in [0.15, 0.2) is 0 Å². The molecule has 0 saturated carbocycles. The van der Waals surface area contributed by atoms with Gasteiger partial charge in [-0.05, 0) is 25.9 Å². The molecule has 0 aliphatic carbocycles. The third kappa shape index (κ3) is 4.81.